The van der Waals surface area contributed by atoms with Crippen LogP contribution in [0.25, 0.3) is 0 Å². The molecule has 0 aliphatic carbocycles. The highest BCUT2D eigenvalue weighted by atomic mass is 16.1. The van der Waals surface area contributed by atoms with Gasteiger partial charge in [-0.15, -0.1) is 0 Å². The van der Waals surface area contributed by atoms with Gasteiger partial charge in [0.1, 0.15) is 17.5 Å². The Bertz CT molecular complexity index is 770. The zero-order chi connectivity index (χ0) is 19.8. The summed E-state index contributed by atoms with van der Waals surface area (Å²) in [4.78, 5) is 24.0. The molecule has 0 bridgehead atoms. The standard InChI is InChI=1S/C20H23N5O2/c21-19(22)14-6-4-13(5-7-14)12-17(26)2-1-3-18(27)25-16-10-8-15(9-11-16)20(23)24/h4-11H,1-3,12H2,(H3,21,22)(H3,23,24)(H,25,27). The molecule has 0 radical (unpaired) electrons. The molecule has 1 amide bonds. The van der Waals surface area contributed by atoms with Crippen LogP contribution in [-0.2, 0) is 16.0 Å². The van der Waals surface area contributed by atoms with E-state index in [0.29, 0.717) is 36.1 Å². The Hall–Kier alpha value is -3.48. The summed E-state index contributed by atoms with van der Waals surface area (Å²) in [6, 6.07) is 13.7. The fourth-order valence-corrected chi connectivity index (χ4v) is 2.52. The summed E-state index contributed by atoms with van der Waals surface area (Å²) in [5, 5.41) is 17.4. The lowest BCUT2D eigenvalue weighted by Gasteiger charge is -2.06. The Morgan fingerprint density at radius 2 is 1.33 bits per heavy atom. The number of amides is 1. The number of hydrogen-bond donors (Lipinski definition) is 5. The molecule has 0 saturated carbocycles. The second-order valence-corrected chi connectivity index (χ2v) is 6.22. The largest absolute Gasteiger partial charge is 0.384 e. The molecule has 0 spiro atoms. The Morgan fingerprint density at radius 1 is 0.815 bits per heavy atom. The van der Waals surface area contributed by atoms with Gasteiger partial charge in [-0.3, -0.25) is 20.4 Å². The summed E-state index contributed by atoms with van der Waals surface area (Å²) < 4.78 is 0. The number of Topliss-reactive ketones (excluding diaryl/α,β-unsaturated/α-hetero) is 1. The Morgan fingerprint density at radius 3 is 1.85 bits per heavy atom. The molecule has 2 aromatic carbocycles. The van der Waals surface area contributed by atoms with E-state index in [1.54, 1.807) is 48.5 Å². The smallest absolute Gasteiger partial charge is 0.224 e. The molecule has 7 heteroatoms. The maximum Gasteiger partial charge on any atom is 0.224 e. The lowest BCUT2D eigenvalue weighted by atomic mass is 10.0. The van der Waals surface area contributed by atoms with E-state index in [4.69, 9.17) is 22.3 Å². The summed E-state index contributed by atoms with van der Waals surface area (Å²) in [5.74, 6) is -0.134. The van der Waals surface area contributed by atoms with Crippen LogP contribution in [0.1, 0.15) is 36.0 Å². The van der Waals surface area contributed by atoms with Gasteiger partial charge in [-0.25, -0.2) is 0 Å². The molecule has 0 aromatic heterocycles. The average molecular weight is 365 g/mol. The molecule has 27 heavy (non-hydrogen) atoms. The highest BCUT2D eigenvalue weighted by Crippen LogP contribution is 2.11. The van der Waals surface area contributed by atoms with Gasteiger partial charge in [0.15, 0.2) is 0 Å². The third kappa shape index (κ3) is 6.39. The topological polar surface area (TPSA) is 146 Å². The molecule has 0 saturated heterocycles. The molecule has 140 valence electrons. The van der Waals surface area contributed by atoms with Crippen LogP contribution in [0.15, 0.2) is 48.5 Å². The van der Waals surface area contributed by atoms with Crippen molar-refractivity contribution >= 4 is 29.0 Å². The van der Waals surface area contributed by atoms with E-state index in [2.05, 4.69) is 5.32 Å². The number of nitrogens with one attached hydrogen (secondary N) is 3. The molecular formula is C20H23N5O2. The molecular weight excluding hydrogens is 342 g/mol. The van der Waals surface area contributed by atoms with Crippen LogP contribution >= 0.6 is 0 Å². The van der Waals surface area contributed by atoms with Gasteiger partial charge in [-0.1, -0.05) is 24.3 Å². The summed E-state index contributed by atoms with van der Waals surface area (Å²) >= 11 is 0. The second-order valence-electron chi connectivity index (χ2n) is 6.22. The minimum atomic E-state index is -0.163. The first-order valence-electron chi connectivity index (χ1n) is 8.54. The van der Waals surface area contributed by atoms with Crippen molar-refractivity contribution in [2.75, 3.05) is 5.32 Å². The fourth-order valence-electron chi connectivity index (χ4n) is 2.52. The zero-order valence-corrected chi connectivity index (χ0v) is 14.9. The van der Waals surface area contributed by atoms with Crippen molar-refractivity contribution in [3.05, 3.63) is 65.2 Å². The normalized spacial score (nSPS) is 10.2. The van der Waals surface area contributed by atoms with Gasteiger partial charge in [-0.05, 0) is 36.2 Å². The third-order valence-electron chi connectivity index (χ3n) is 4.01. The number of ketones is 1. The fraction of sp³-hybridized carbons (Fsp3) is 0.200. The number of carbonyl (C=O) groups is 2. The lowest BCUT2D eigenvalue weighted by molar-refractivity contribution is -0.119. The number of amidine groups is 2. The van der Waals surface area contributed by atoms with Crippen molar-refractivity contribution in [1.82, 2.24) is 0 Å². The molecule has 0 atom stereocenters. The van der Waals surface area contributed by atoms with Gasteiger partial charge in [0.25, 0.3) is 0 Å². The monoisotopic (exact) mass is 365 g/mol. The summed E-state index contributed by atoms with van der Waals surface area (Å²) in [6.07, 6.45) is 1.35. The molecule has 2 aromatic rings. The number of nitrogens with two attached hydrogens (primary N) is 2. The van der Waals surface area contributed by atoms with Gasteiger partial charge in [-0.2, -0.15) is 0 Å². The number of rotatable bonds is 9. The Labute approximate surface area is 157 Å². The third-order valence-corrected chi connectivity index (χ3v) is 4.01. The number of benzene rings is 2. The van der Waals surface area contributed by atoms with Gasteiger partial charge >= 0.3 is 0 Å². The predicted molar refractivity (Wildman–Crippen MR) is 106 cm³/mol. The number of carbonyl (C=O) groups excluding carboxylic acids is 2. The van der Waals surface area contributed by atoms with Crippen LogP contribution in [0, 0.1) is 10.8 Å². The van der Waals surface area contributed by atoms with Crippen molar-refractivity contribution in [2.45, 2.75) is 25.7 Å². The first-order chi connectivity index (χ1) is 12.8. The van der Waals surface area contributed by atoms with Gasteiger partial charge in [0, 0.05) is 36.1 Å². The quantitative estimate of drug-likeness (QED) is 0.342. The van der Waals surface area contributed by atoms with Crippen LogP contribution in [0.3, 0.4) is 0 Å². The van der Waals surface area contributed by atoms with Gasteiger partial charge in [0.05, 0.1) is 0 Å². The van der Waals surface area contributed by atoms with E-state index >= 15 is 0 Å². The van der Waals surface area contributed by atoms with Crippen molar-refractivity contribution in [3.63, 3.8) is 0 Å². The van der Waals surface area contributed by atoms with Gasteiger partial charge < -0.3 is 16.8 Å². The van der Waals surface area contributed by atoms with Crippen molar-refractivity contribution in [1.29, 1.82) is 10.8 Å². The predicted octanol–water partition coefficient (Wildman–Crippen LogP) is 2.18. The first kappa shape index (κ1) is 19.8. The number of nitrogen functional groups attached to an aromatic ring is 2. The van der Waals surface area contributed by atoms with Crippen LogP contribution in [0.5, 0.6) is 0 Å². The Kier molecular flexibility index (Phi) is 6.82. The average Bonchev–Trinajstić information content (AvgIpc) is 2.62. The van der Waals surface area contributed by atoms with E-state index in [0.717, 1.165) is 5.56 Å². The van der Waals surface area contributed by atoms with Crippen LogP contribution in [0.2, 0.25) is 0 Å². The van der Waals surface area contributed by atoms with Crippen molar-refractivity contribution < 1.29 is 9.59 Å². The van der Waals surface area contributed by atoms with Crippen LogP contribution in [-0.4, -0.2) is 23.4 Å². The summed E-state index contributed by atoms with van der Waals surface area (Å²) in [5.41, 5.74) is 13.5. The van der Waals surface area contributed by atoms with E-state index in [1.165, 1.54) is 0 Å². The molecule has 0 aliphatic rings. The highest BCUT2D eigenvalue weighted by Gasteiger charge is 2.08. The molecule has 2 rings (SSSR count). The maximum absolute atomic E-state index is 12.0. The van der Waals surface area contributed by atoms with E-state index in [1.807, 2.05) is 0 Å². The van der Waals surface area contributed by atoms with Crippen LogP contribution in [0.4, 0.5) is 5.69 Å². The lowest BCUT2D eigenvalue weighted by Crippen LogP contribution is -2.14. The molecule has 0 unspecified atom stereocenters. The minimum Gasteiger partial charge on any atom is -0.384 e. The SMILES string of the molecule is N=C(N)c1ccc(CC(=O)CCCC(=O)Nc2ccc(C(=N)N)cc2)cc1. The highest BCUT2D eigenvalue weighted by molar-refractivity contribution is 5.96. The van der Waals surface area contributed by atoms with E-state index in [9.17, 15) is 9.59 Å². The molecule has 0 heterocycles. The summed E-state index contributed by atoms with van der Waals surface area (Å²) in [6.45, 7) is 0. The Balaban J connectivity index is 1.73. The summed E-state index contributed by atoms with van der Waals surface area (Å²) in [7, 11) is 0. The minimum absolute atomic E-state index is 0.00479. The van der Waals surface area contributed by atoms with Crippen LogP contribution < -0.4 is 16.8 Å². The number of hydrogen-bond acceptors (Lipinski definition) is 4. The molecule has 7 nitrogen and oxygen atoms in total. The molecule has 0 fully saturated rings. The molecule has 7 N–H and O–H groups in total. The van der Waals surface area contributed by atoms with E-state index in [-0.39, 0.29) is 29.8 Å². The zero-order valence-electron chi connectivity index (χ0n) is 14.9. The van der Waals surface area contributed by atoms with Crippen molar-refractivity contribution in [2.24, 2.45) is 11.5 Å². The second kappa shape index (κ2) is 9.28. The van der Waals surface area contributed by atoms with Gasteiger partial charge in [0.2, 0.25) is 5.91 Å². The maximum atomic E-state index is 12.0. The van der Waals surface area contributed by atoms with E-state index < -0.39 is 0 Å². The number of anilines is 1. The van der Waals surface area contributed by atoms with Crippen molar-refractivity contribution in [3.8, 4) is 0 Å². The molecule has 0 aliphatic heterocycles. The first-order valence-corrected chi connectivity index (χ1v) is 8.54.